The molecule has 0 saturated heterocycles. The molecule has 0 spiro atoms. The zero-order valence-electron chi connectivity index (χ0n) is 11.3. The zero-order valence-corrected chi connectivity index (χ0v) is 12.1. The number of carboxylic acids is 1. The average molecular weight is 281 g/mol. The molecule has 1 aliphatic carbocycles. The van der Waals surface area contributed by atoms with E-state index in [9.17, 15) is 14.7 Å². The highest BCUT2D eigenvalue weighted by Gasteiger charge is 2.25. The lowest BCUT2D eigenvalue weighted by Crippen LogP contribution is -2.15. The largest absolute Gasteiger partial charge is 0.478 e. The molecule has 0 bridgehead atoms. The Kier molecular flexibility index (Phi) is 4.24. The summed E-state index contributed by atoms with van der Waals surface area (Å²) in [4.78, 5) is 24.4. The topological polar surface area (TPSA) is 66.4 Å². The van der Waals surface area contributed by atoms with Gasteiger partial charge in [-0.15, -0.1) is 11.3 Å². The number of aromatic carboxylic acids is 1. The summed E-state index contributed by atoms with van der Waals surface area (Å²) in [6, 6.07) is 0. The number of anilines is 1. The van der Waals surface area contributed by atoms with Gasteiger partial charge in [0.2, 0.25) is 5.91 Å². The number of carbonyl (C=O) groups excluding carboxylic acids is 1. The van der Waals surface area contributed by atoms with Crippen molar-refractivity contribution in [1.82, 2.24) is 0 Å². The van der Waals surface area contributed by atoms with Crippen molar-refractivity contribution in [3.05, 3.63) is 16.0 Å². The van der Waals surface area contributed by atoms with Crippen molar-refractivity contribution in [3.63, 3.8) is 0 Å². The van der Waals surface area contributed by atoms with Gasteiger partial charge >= 0.3 is 5.97 Å². The first-order valence-electron chi connectivity index (χ1n) is 6.66. The van der Waals surface area contributed by atoms with E-state index in [1.165, 1.54) is 11.3 Å². The molecular weight excluding hydrogens is 262 g/mol. The zero-order chi connectivity index (χ0) is 14.0. The summed E-state index contributed by atoms with van der Waals surface area (Å²) in [6.45, 7) is 3.94. The van der Waals surface area contributed by atoms with Crippen LogP contribution in [-0.2, 0) is 17.6 Å². The smallest absolute Gasteiger partial charge is 0.339 e. The van der Waals surface area contributed by atoms with Gasteiger partial charge in [0.05, 0.1) is 5.56 Å². The fourth-order valence-electron chi connectivity index (χ4n) is 2.43. The van der Waals surface area contributed by atoms with Crippen LogP contribution in [0.25, 0.3) is 0 Å². The van der Waals surface area contributed by atoms with Crippen LogP contribution < -0.4 is 5.32 Å². The lowest BCUT2D eigenvalue weighted by Gasteiger charge is -2.10. The second-order valence-corrected chi connectivity index (χ2v) is 6.47. The van der Waals surface area contributed by atoms with Gasteiger partial charge < -0.3 is 10.4 Å². The molecule has 104 valence electrons. The van der Waals surface area contributed by atoms with Crippen molar-refractivity contribution < 1.29 is 14.7 Å². The second kappa shape index (κ2) is 5.74. The number of fused-ring (bicyclic) bond motifs is 1. The molecule has 5 heteroatoms. The van der Waals surface area contributed by atoms with Gasteiger partial charge in [0.1, 0.15) is 5.00 Å². The van der Waals surface area contributed by atoms with Gasteiger partial charge in [0.15, 0.2) is 0 Å². The predicted molar refractivity (Wildman–Crippen MR) is 76.0 cm³/mol. The Bertz CT molecular complexity index is 505. The first-order valence-corrected chi connectivity index (χ1v) is 7.48. The van der Waals surface area contributed by atoms with Crippen LogP contribution in [0, 0.1) is 5.92 Å². The molecule has 1 aliphatic rings. The fourth-order valence-corrected chi connectivity index (χ4v) is 3.73. The van der Waals surface area contributed by atoms with Crippen molar-refractivity contribution >= 4 is 28.2 Å². The number of hydrogen-bond donors (Lipinski definition) is 2. The summed E-state index contributed by atoms with van der Waals surface area (Å²) < 4.78 is 0. The maximum absolute atomic E-state index is 11.8. The van der Waals surface area contributed by atoms with E-state index in [-0.39, 0.29) is 11.8 Å². The Balaban J connectivity index is 2.27. The van der Waals surface area contributed by atoms with Gasteiger partial charge in [-0.05, 0) is 37.2 Å². The fraction of sp³-hybridized carbons (Fsp3) is 0.571. The normalized spacial score (nSPS) is 14.3. The van der Waals surface area contributed by atoms with E-state index in [0.717, 1.165) is 36.1 Å². The summed E-state index contributed by atoms with van der Waals surface area (Å²) in [5.41, 5.74) is 1.25. The predicted octanol–water partition coefficient (Wildman–Crippen LogP) is 3.31. The minimum Gasteiger partial charge on any atom is -0.478 e. The number of carboxylic acid groups (broad SMARTS) is 1. The van der Waals surface area contributed by atoms with Crippen LogP contribution >= 0.6 is 11.3 Å². The molecule has 1 heterocycles. The van der Waals surface area contributed by atoms with E-state index >= 15 is 0 Å². The number of rotatable bonds is 4. The van der Waals surface area contributed by atoms with Crippen LogP contribution in [-0.4, -0.2) is 17.0 Å². The molecule has 0 atom stereocenters. The highest BCUT2D eigenvalue weighted by molar-refractivity contribution is 7.17. The maximum atomic E-state index is 11.8. The molecule has 0 aliphatic heterocycles. The van der Waals surface area contributed by atoms with Crippen molar-refractivity contribution in [3.8, 4) is 0 Å². The number of hydrogen-bond acceptors (Lipinski definition) is 3. The van der Waals surface area contributed by atoms with Crippen LogP contribution in [0.2, 0.25) is 0 Å². The molecule has 1 aromatic rings. The first kappa shape index (κ1) is 14.1. The minimum absolute atomic E-state index is 0.101. The number of thiophene rings is 1. The standard InChI is InChI=1S/C14H19NO3S/c1-8(2)7-11(16)15-13-12(14(17)18)9-5-3-4-6-10(9)19-13/h8H,3-7H2,1-2H3,(H,15,16)(H,17,18). The highest BCUT2D eigenvalue weighted by Crippen LogP contribution is 2.38. The molecule has 0 aromatic carbocycles. The molecule has 0 fully saturated rings. The molecule has 19 heavy (non-hydrogen) atoms. The number of carbonyl (C=O) groups is 2. The van der Waals surface area contributed by atoms with Gasteiger partial charge in [-0.2, -0.15) is 0 Å². The number of amides is 1. The van der Waals surface area contributed by atoms with Crippen LogP contribution in [0.3, 0.4) is 0 Å². The second-order valence-electron chi connectivity index (χ2n) is 5.37. The Morgan fingerprint density at radius 1 is 1.32 bits per heavy atom. The van der Waals surface area contributed by atoms with Gasteiger partial charge in [0.25, 0.3) is 0 Å². The third-order valence-electron chi connectivity index (χ3n) is 3.23. The number of nitrogens with one attached hydrogen (secondary N) is 1. The van der Waals surface area contributed by atoms with E-state index in [1.807, 2.05) is 13.8 Å². The Labute approximate surface area is 116 Å². The lowest BCUT2D eigenvalue weighted by atomic mass is 9.95. The van der Waals surface area contributed by atoms with Crippen molar-refractivity contribution in [1.29, 1.82) is 0 Å². The molecule has 0 saturated carbocycles. The van der Waals surface area contributed by atoms with Crippen LogP contribution in [0.15, 0.2) is 0 Å². The molecule has 2 rings (SSSR count). The Morgan fingerprint density at radius 3 is 2.63 bits per heavy atom. The molecule has 2 N–H and O–H groups in total. The Hall–Kier alpha value is -1.36. The van der Waals surface area contributed by atoms with Crippen molar-refractivity contribution in [2.45, 2.75) is 46.0 Å². The molecular formula is C14H19NO3S. The van der Waals surface area contributed by atoms with Gasteiger partial charge in [-0.1, -0.05) is 13.8 Å². The molecule has 0 radical (unpaired) electrons. The summed E-state index contributed by atoms with van der Waals surface area (Å²) >= 11 is 1.43. The van der Waals surface area contributed by atoms with E-state index in [0.29, 0.717) is 17.0 Å². The van der Waals surface area contributed by atoms with Crippen LogP contribution in [0.4, 0.5) is 5.00 Å². The van der Waals surface area contributed by atoms with E-state index < -0.39 is 5.97 Å². The molecule has 1 aromatic heterocycles. The van der Waals surface area contributed by atoms with Crippen molar-refractivity contribution in [2.75, 3.05) is 5.32 Å². The van der Waals surface area contributed by atoms with Crippen LogP contribution in [0.1, 0.15) is 53.9 Å². The summed E-state index contributed by atoms with van der Waals surface area (Å²) in [5.74, 6) is -0.766. The van der Waals surface area contributed by atoms with Crippen molar-refractivity contribution in [2.24, 2.45) is 5.92 Å². The third-order valence-corrected chi connectivity index (χ3v) is 4.44. The molecule has 4 nitrogen and oxygen atoms in total. The quantitative estimate of drug-likeness (QED) is 0.889. The number of aryl methyl sites for hydroxylation is 1. The monoisotopic (exact) mass is 281 g/mol. The highest BCUT2D eigenvalue weighted by atomic mass is 32.1. The van der Waals surface area contributed by atoms with Gasteiger partial charge in [-0.3, -0.25) is 4.79 Å². The van der Waals surface area contributed by atoms with Gasteiger partial charge in [0, 0.05) is 11.3 Å². The summed E-state index contributed by atoms with van der Waals surface area (Å²) in [5, 5.41) is 12.7. The maximum Gasteiger partial charge on any atom is 0.339 e. The average Bonchev–Trinajstić information content (AvgIpc) is 2.64. The minimum atomic E-state index is -0.931. The summed E-state index contributed by atoms with van der Waals surface area (Å²) in [6.07, 6.45) is 4.30. The lowest BCUT2D eigenvalue weighted by molar-refractivity contribution is -0.116. The third kappa shape index (κ3) is 3.15. The summed E-state index contributed by atoms with van der Waals surface area (Å²) in [7, 11) is 0. The van der Waals surface area contributed by atoms with E-state index in [1.54, 1.807) is 0 Å². The molecule has 0 unspecified atom stereocenters. The van der Waals surface area contributed by atoms with E-state index in [2.05, 4.69) is 5.32 Å². The van der Waals surface area contributed by atoms with Crippen LogP contribution in [0.5, 0.6) is 0 Å². The molecule has 1 amide bonds. The van der Waals surface area contributed by atoms with Gasteiger partial charge in [-0.25, -0.2) is 4.79 Å². The van der Waals surface area contributed by atoms with E-state index in [4.69, 9.17) is 0 Å². The first-order chi connectivity index (χ1) is 8.99. The Morgan fingerprint density at radius 2 is 2.00 bits per heavy atom. The SMILES string of the molecule is CC(C)CC(=O)Nc1sc2c(c1C(=O)O)CCCC2.